The highest BCUT2D eigenvalue weighted by atomic mass is 16.2. The Morgan fingerprint density at radius 3 is 2.31 bits per heavy atom. The van der Waals surface area contributed by atoms with Crippen molar-refractivity contribution >= 4 is 6.03 Å². The summed E-state index contributed by atoms with van der Waals surface area (Å²) in [5.41, 5.74) is 5.55. The molecule has 96 valence electrons. The Hall–Kier alpha value is -0.770. The van der Waals surface area contributed by atoms with E-state index in [0.717, 1.165) is 19.4 Å². The number of nitrogens with two attached hydrogens (primary N) is 1. The molecule has 0 aliphatic rings. The smallest absolute Gasteiger partial charge is 0.318 e. The molecule has 0 spiro atoms. The highest BCUT2D eigenvalue weighted by molar-refractivity contribution is 5.75. The zero-order valence-electron chi connectivity index (χ0n) is 11.3. The molecule has 0 aromatic carbocycles. The van der Waals surface area contributed by atoms with Crippen LogP contribution in [-0.4, -0.2) is 35.6 Å². The van der Waals surface area contributed by atoms with Gasteiger partial charge in [-0.3, -0.25) is 0 Å². The fraction of sp³-hybridized carbons (Fsp3) is 0.917. The molecule has 0 saturated heterocycles. The summed E-state index contributed by atoms with van der Waals surface area (Å²) in [6, 6.07) is 0.150. The first-order valence-electron chi connectivity index (χ1n) is 6.19. The molecule has 0 fully saturated rings. The molecule has 1 unspecified atom stereocenters. The summed E-state index contributed by atoms with van der Waals surface area (Å²) in [5.74, 6) is 0. The third-order valence-corrected chi connectivity index (χ3v) is 2.96. The molecule has 0 aromatic heterocycles. The average molecular weight is 229 g/mol. The molecule has 4 nitrogen and oxygen atoms in total. The van der Waals surface area contributed by atoms with Gasteiger partial charge in [0.15, 0.2) is 0 Å². The maximum Gasteiger partial charge on any atom is 0.318 e. The summed E-state index contributed by atoms with van der Waals surface area (Å²) in [7, 11) is 0. The van der Waals surface area contributed by atoms with Gasteiger partial charge in [0.05, 0.1) is 5.54 Å². The first kappa shape index (κ1) is 15.2. The minimum absolute atomic E-state index is 0.00773. The number of urea groups is 1. The van der Waals surface area contributed by atoms with Gasteiger partial charge in [-0.15, -0.1) is 0 Å². The van der Waals surface area contributed by atoms with Crippen molar-refractivity contribution in [2.45, 2.75) is 59.0 Å². The number of nitrogens with zero attached hydrogens (tertiary/aromatic N) is 1. The first-order valence-corrected chi connectivity index (χ1v) is 6.19. The topological polar surface area (TPSA) is 58.4 Å². The number of nitrogens with one attached hydrogen (secondary N) is 1. The first-order chi connectivity index (χ1) is 7.41. The summed E-state index contributed by atoms with van der Waals surface area (Å²) in [4.78, 5) is 13.9. The second-order valence-electron chi connectivity index (χ2n) is 4.81. The van der Waals surface area contributed by atoms with Crippen LogP contribution in [0.15, 0.2) is 0 Å². The van der Waals surface area contributed by atoms with Crippen LogP contribution in [0.4, 0.5) is 4.79 Å². The van der Waals surface area contributed by atoms with Gasteiger partial charge in [-0.05, 0) is 33.6 Å². The Kier molecular flexibility index (Phi) is 6.41. The normalized spacial score (nSPS) is 14.7. The number of carbonyl (C=O) groups excluding carboxylic acids is 1. The average Bonchev–Trinajstić information content (AvgIpc) is 2.23. The van der Waals surface area contributed by atoms with Crippen molar-refractivity contribution in [1.29, 1.82) is 0 Å². The molecule has 0 aliphatic carbocycles. The van der Waals surface area contributed by atoms with E-state index in [9.17, 15) is 4.79 Å². The van der Waals surface area contributed by atoms with E-state index in [1.807, 2.05) is 25.7 Å². The van der Waals surface area contributed by atoms with Gasteiger partial charge in [0, 0.05) is 19.1 Å². The fourth-order valence-electron chi connectivity index (χ4n) is 1.61. The number of hydrogen-bond acceptors (Lipinski definition) is 2. The molecule has 0 rings (SSSR count). The van der Waals surface area contributed by atoms with Crippen LogP contribution in [0.5, 0.6) is 0 Å². The van der Waals surface area contributed by atoms with Crippen molar-refractivity contribution < 1.29 is 4.79 Å². The number of carbonyl (C=O) groups is 1. The molecule has 0 bridgehead atoms. The van der Waals surface area contributed by atoms with Crippen LogP contribution in [0, 0.1) is 0 Å². The quantitative estimate of drug-likeness (QED) is 0.731. The Morgan fingerprint density at radius 1 is 1.44 bits per heavy atom. The van der Waals surface area contributed by atoms with Crippen LogP contribution in [0.1, 0.15) is 47.5 Å². The lowest BCUT2D eigenvalue weighted by Crippen LogP contribution is -2.58. The molecule has 2 amide bonds. The molecule has 4 heteroatoms. The van der Waals surface area contributed by atoms with E-state index >= 15 is 0 Å². The van der Waals surface area contributed by atoms with E-state index in [1.165, 1.54) is 0 Å². The minimum Gasteiger partial charge on any atom is -0.336 e. The highest BCUT2D eigenvalue weighted by Crippen LogP contribution is 2.18. The van der Waals surface area contributed by atoms with Gasteiger partial charge in [-0.25, -0.2) is 4.79 Å². The molecule has 3 N–H and O–H groups in total. The number of rotatable bonds is 6. The van der Waals surface area contributed by atoms with Crippen molar-refractivity contribution in [3.8, 4) is 0 Å². The SMILES string of the molecule is CCCN(C(=O)NC(C)C)C(C)(CC)CN. The monoisotopic (exact) mass is 229 g/mol. The van der Waals surface area contributed by atoms with Gasteiger partial charge < -0.3 is 16.0 Å². The predicted octanol–water partition coefficient (Wildman–Crippen LogP) is 1.94. The third-order valence-electron chi connectivity index (χ3n) is 2.96. The van der Waals surface area contributed by atoms with E-state index < -0.39 is 0 Å². The van der Waals surface area contributed by atoms with E-state index in [1.54, 1.807) is 0 Å². The van der Waals surface area contributed by atoms with E-state index in [0.29, 0.717) is 6.54 Å². The van der Waals surface area contributed by atoms with Crippen molar-refractivity contribution in [2.24, 2.45) is 5.73 Å². The van der Waals surface area contributed by atoms with Crippen LogP contribution in [-0.2, 0) is 0 Å². The lowest BCUT2D eigenvalue weighted by molar-refractivity contribution is 0.123. The third kappa shape index (κ3) is 4.00. The van der Waals surface area contributed by atoms with Crippen LogP contribution in [0.3, 0.4) is 0 Å². The summed E-state index contributed by atoms with van der Waals surface area (Å²) < 4.78 is 0. The number of hydrogen-bond donors (Lipinski definition) is 2. The lowest BCUT2D eigenvalue weighted by atomic mass is 9.96. The zero-order chi connectivity index (χ0) is 12.8. The maximum absolute atomic E-state index is 12.1. The molecular formula is C12H27N3O. The van der Waals surface area contributed by atoms with Gasteiger partial charge in [0.1, 0.15) is 0 Å². The summed E-state index contributed by atoms with van der Waals surface area (Å²) >= 11 is 0. The van der Waals surface area contributed by atoms with Crippen LogP contribution < -0.4 is 11.1 Å². The second-order valence-corrected chi connectivity index (χ2v) is 4.81. The molecule has 16 heavy (non-hydrogen) atoms. The van der Waals surface area contributed by atoms with Crippen LogP contribution >= 0.6 is 0 Å². The Morgan fingerprint density at radius 2 is 2.00 bits per heavy atom. The van der Waals surface area contributed by atoms with Crippen LogP contribution in [0.2, 0.25) is 0 Å². The number of amides is 2. The predicted molar refractivity (Wildman–Crippen MR) is 68.4 cm³/mol. The van der Waals surface area contributed by atoms with Crippen molar-refractivity contribution in [3.63, 3.8) is 0 Å². The minimum atomic E-state index is -0.241. The largest absolute Gasteiger partial charge is 0.336 e. The van der Waals surface area contributed by atoms with Gasteiger partial charge >= 0.3 is 6.03 Å². The molecule has 1 atom stereocenters. The highest BCUT2D eigenvalue weighted by Gasteiger charge is 2.31. The van der Waals surface area contributed by atoms with E-state index in [4.69, 9.17) is 5.73 Å². The van der Waals surface area contributed by atoms with Crippen molar-refractivity contribution in [2.75, 3.05) is 13.1 Å². The Labute approximate surface area is 99.6 Å². The summed E-state index contributed by atoms with van der Waals surface area (Å²) in [6.45, 7) is 11.4. The zero-order valence-corrected chi connectivity index (χ0v) is 11.3. The van der Waals surface area contributed by atoms with Gasteiger partial charge in [0.25, 0.3) is 0 Å². The second kappa shape index (κ2) is 6.74. The molecule has 0 radical (unpaired) electrons. The standard InChI is InChI=1S/C12H27N3O/c1-6-8-15(11(16)14-10(3)4)12(5,7-2)9-13/h10H,6-9,13H2,1-5H3,(H,14,16). The van der Waals surface area contributed by atoms with Crippen LogP contribution in [0.25, 0.3) is 0 Å². The van der Waals surface area contributed by atoms with Crippen molar-refractivity contribution in [3.05, 3.63) is 0 Å². The van der Waals surface area contributed by atoms with Gasteiger partial charge in [-0.2, -0.15) is 0 Å². The molecule has 0 saturated carbocycles. The Bertz CT molecular complexity index is 212. The summed E-state index contributed by atoms with van der Waals surface area (Å²) in [5, 5.41) is 2.93. The molecule has 0 aromatic rings. The van der Waals surface area contributed by atoms with Gasteiger partial charge in [0.2, 0.25) is 0 Å². The van der Waals surface area contributed by atoms with E-state index in [2.05, 4.69) is 19.2 Å². The summed E-state index contributed by atoms with van der Waals surface area (Å²) in [6.07, 6.45) is 1.82. The Balaban J connectivity index is 4.76. The lowest BCUT2D eigenvalue weighted by Gasteiger charge is -2.40. The van der Waals surface area contributed by atoms with Gasteiger partial charge in [-0.1, -0.05) is 13.8 Å². The van der Waals surface area contributed by atoms with E-state index in [-0.39, 0.29) is 17.6 Å². The maximum atomic E-state index is 12.1. The molecule has 0 heterocycles. The fourth-order valence-corrected chi connectivity index (χ4v) is 1.61. The molecular weight excluding hydrogens is 202 g/mol. The van der Waals surface area contributed by atoms with Crippen molar-refractivity contribution in [1.82, 2.24) is 10.2 Å². The molecule has 0 aliphatic heterocycles.